The van der Waals surface area contributed by atoms with Crippen molar-refractivity contribution in [3.63, 3.8) is 0 Å². The Labute approximate surface area is 232 Å². The maximum atomic E-state index is 13.2. The molecule has 1 N–H and O–H groups in total. The molecule has 3 heterocycles. The Hall–Kier alpha value is -0.940. The molecule has 1 atom stereocenters. The van der Waals surface area contributed by atoms with E-state index in [2.05, 4.69) is 19.4 Å². The van der Waals surface area contributed by atoms with Gasteiger partial charge in [0.25, 0.3) is 5.91 Å². The topological polar surface area (TPSA) is 68.4 Å². The summed E-state index contributed by atoms with van der Waals surface area (Å²) in [7, 11) is 0. The van der Waals surface area contributed by atoms with Crippen LogP contribution in [0.25, 0.3) is 0 Å². The largest absolute Gasteiger partial charge is 0.482 e. The lowest BCUT2D eigenvalue weighted by atomic mass is 10.1. The van der Waals surface area contributed by atoms with Crippen molar-refractivity contribution in [2.45, 2.75) is 25.3 Å². The maximum absolute atomic E-state index is 13.2. The number of rotatable bonds is 9. The molecule has 1 aromatic carbocycles. The maximum Gasteiger partial charge on any atom is 0.260 e. The highest BCUT2D eigenvalue weighted by atomic mass is 35.5. The van der Waals surface area contributed by atoms with Crippen LogP contribution >= 0.6 is 46.8 Å². The lowest BCUT2D eigenvalue weighted by Crippen LogP contribution is -2.58. The molecule has 2 amide bonds. The van der Waals surface area contributed by atoms with Gasteiger partial charge in [0.05, 0.1) is 21.1 Å². The minimum absolute atomic E-state index is 0.0484. The molecule has 0 radical (unpaired) electrons. The predicted molar refractivity (Wildman–Crippen MR) is 146 cm³/mol. The van der Waals surface area contributed by atoms with E-state index in [0.29, 0.717) is 33.8 Å². The van der Waals surface area contributed by atoms with E-state index < -0.39 is 0 Å². The van der Waals surface area contributed by atoms with Gasteiger partial charge in [-0.15, -0.1) is 0 Å². The van der Waals surface area contributed by atoms with Crippen LogP contribution in [0.4, 0.5) is 0 Å². The van der Waals surface area contributed by atoms with Crippen LogP contribution in [0.1, 0.15) is 19.3 Å². The monoisotopic (exact) mass is 577 g/mol. The molecule has 0 aliphatic carbocycles. The summed E-state index contributed by atoms with van der Waals surface area (Å²) in [4.78, 5) is 31.6. The zero-order valence-corrected chi connectivity index (χ0v) is 23.5. The summed E-state index contributed by atoms with van der Waals surface area (Å²) in [5.74, 6) is 1.42. The van der Waals surface area contributed by atoms with Gasteiger partial charge in [-0.3, -0.25) is 9.59 Å². The molecule has 3 aliphatic heterocycles. The first-order valence-corrected chi connectivity index (χ1v) is 14.6. The third kappa shape index (κ3) is 8.03. The summed E-state index contributed by atoms with van der Waals surface area (Å²) in [5.41, 5.74) is 0. The number of ether oxygens (including phenoxy) is 1. The van der Waals surface area contributed by atoms with Crippen molar-refractivity contribution in [2.24, 2.45) is 0 Å². The number of likely N-dealkylation sites (tertiary alicyclic amines) is 1. The third-order valence-corrected chi connectivity index (χ3v) is 8.93. The Bertz CT molecular complexity index is 921. The number of carbonyl (C=O) groups is 2. The fourth-order valence-electron chi connectivity index (χ4n) is 4.87. The van der Waals surface area contributed by atoms with Crippen molar-refractivity contribution in [2.75, 3.05) is 77.8 Å². The Kier molecular flexibility index (Phi) is 10.7. The summed E-state index contributed by atoms with van der Waals surface area (Å²) in [6, 6.07) is 3.17. The number of hydrogen-bond acceptors (Lipinski definition) is 7. The van der Waals surface area contributed by atoms with Crippen molar-refractivity contribution < 1.29 is 14.3 Å². The van der Waals surface area contributed by atoms with Crippen LogP contribution in [0, 0.1) is 0 Å². The molecule has 3 fully saturated rings. The second kappa shape index (κ2) is 13.7. The van der Waals surface area contributed by atoms with Crippen molar-refractivity contribution in [3.8, 4) is 5.75 Å². The Morgan fingerprint density at radius 2 is 1.78 bits per heavy atom. The zero-order chi connectivity index (χ0) is 25.5. The van der Waals surface area contributed by atoms with Gasteiger partial charge in [0, 0.05) is 70.6 Å². The lowest BCUT2D eigenvalue weighted by Gasteiger charge is -2.42. The first kappa shape index (κ1) is 28.1. The van der Waals surface area contributed by atoms with Crippen molar-refractivity contribution >= 4 is 58.6 Å². The van der Waals surface area contributed by atoms with E-state index in [9.17, 15) is 9.59 Å². The normalized spacial score (nSPS) is 22.5. The minimum atomic E-state index is -0.0942. The highest BCUT2D eigenvalue weighted by Gasteiger charge is 2.33. The van der Waals surface area contributed by atoms with Gasteiger partial charge in [0.2, 0.25) is 5.91 Å². The molecule has 3 saturated heterocycles. The average Bonchev–Trinajstić information content (AvgIpc) is 3.28. The summed E-state index contributed by atoms with van der Waals surface area (Å²) < 4.78 is 8.14. The van der Waals surface area contributed by atoms with Crippen LogP contribution in [-0.2, 0) is 9.59 Å². The zero-order valence-electron chi connectivity index (χ0n) is 20.4. The molecule has 200 valence electrons. The van der Waals surface area contributed by atoms with E-state index in [1.807, 2.05) is 16.8 Å². The number of hydrogen-bond donors (Lipinski definition) is 1. The Balaban J connectivity index is 1.30. The van der Waals surface area contributed by atoms with Crippen LogP contribution < -0.4 is 10.1 Å². The minimum Gasteiger partial charge on any atom is -0.482 e. The number of piperazine rings is 1. The van der Waals surface area contributed by atoms with E-state index in [-0.39, 0.29) is 24.5 Å². The summed E-state index contributed by atoms with van der Waals surface area (Å²) in [5, 5.41) is 3.94. The molecule has 4 rings (SSSR count). The van der Waals surface area contributed by atoms with E-state index >= 15 is 0 Å². The average molecular weight is 579 g/mol. The van der Waals surface area contributed by atoms with Gasteiger partial charge in [-0.25, -0.2) is 4.31 Å². The first-order valence-electron chi connectivity index (χ1n) is 12.5. The predicted octanol–water partition coefficient (Wildman–Crippen LogP) is 3.10. The highest BCUT2D eigenvalue weighted by Crippen LogP contribution is 2.34. The third-order valence-electron chi connectivity index (χ3n) is 6.85. The highest BCUT2D eigenvalue weighted by molar-refractivity contribution is 7.97. The summed E-state index contributed by atoms with van der Waals surface area (Å²) in [6.45, 7) is 8.62. The fourth-order valence-corrected chi connectivity index (χ4v) is 6.54. The lowest BCUT2D eigenvalue weighted by molar-refractivity contribution is -0.137. The van der Waals surface area contributed by atoms with E-state index in [1.165, 1.54) is 18.9 Å². The number of benzene rings is 1. The van der Waals surface area contributed by atoms with E-state index in [1.54, 1.807) is 6.07 Å². The molecular formula is C24H34Cl3N5O3S. The quantitative estimate of drug-likeness (QED) is 0.357. The number of halogens is 3. The number of carbonyl (C=O) groups excluding carboxylic acids is 2. The summed E-state index contributed by atoms with van der Waals surface area (Å²) in [6.07, 6.45) is 3.00. The molecule has 0 unspecified atom stereocenters. The van der Waals surface area contributed by atoms with E-state index in [4.69, 9.17) is 39.5 Å². The Morgan fingerprint density at radius 1 is 1.00 bits per heavy atom. The van der Waals surface area contributed by atoms with Crippen LogP contribution in [0.2, 0.25) is 15.1 Å². The van der Waals surface area contributed by atoms with Gasteiger partial charge >= 0.3 is 0 Å². The molecule has 0 saturated carbocycles. The molecular weight excluding hydrogens is 545 g/mol. The number of nitrogens with one attached hydrogen (secondary N) is 1. The second-order valence-corrected chi connectivity index (χ2v) is 11.8. The molecule has 0 spiro atoms. The summed E-state index contributed by atoms with van der Waals surface area (Å²) >= 11 is 20.2. The molecule has 36 heavy (non-hydrogen) atoms. The molecule has 8 nitrogen and oxygen atoms in total. The molecule has 0 bridgehead atoms. The van der Waals surface area contributed by atoms with Crippen molar-refractivity contribution in [1.82, 2.24) is 24.3 Å². The number of nitrogens with zero attached hydrogens (tertiary/aromatic N) is 4. The van der Waals surface area contributed by atoms with Crippen LogP contribution in [0.5, 0.6) is 5.75 Å². The van der Waals surface area contributed by atoms with Gasteiger partial charge in [-0.1, -0.05) is 46.8 Å². The fraction of sp³-hybridized carbons (Fsp3) is 0.667. The Morgan fingerprint density at radius 3 is 2.58 bits per heavy atom. The molecule has 12 heteroatoms. The van der Waals surface area contributed by atoms with Gasteiger partial charge in [0.1, 0.15) is 5.75 Å². The van der Waals surface area contributed by atoms with E-state index in [0.717, 1.165) is 64.7 Å². The van der Waals surface area contributed by atoms with Crippen molar-refractivity contribution in [1.29, 1.82) is 0 Å². The SMILES string of the molecule is O=C1CCN(CCSN2CCN(C(=O)COc3cc(Cl)c(Cl)cc3Cl)[C@@H](CN3CCCC3)C2)CCN1. The molecule has 0 aromatic heterocycles. The first-order chi connectivity index (χ1) is 17.4. The molecule has 1 aromatic rings. The van der Waals surface area contributed by atoms with Crippen LogP contribution in [0.15, 0.2) is 12.1 Å². The van der Waals surface area contributed by atoms with Gasteiger partial charge in [0.15, 0.2) is 6.61 Å². The van der Waals surface area contributed by atoms with Crippen LogP contribution in [0.3, 0.4) is 0 Å². The number of amides is 2. The van der Waals surface area contributed by atoms with Crippen LogP contribution in [-0.4, -0.2) is 115 Å². The van der Waals surface area contributed by atoms with Crippen molar-refractivity contribution in [3.05, 3.63) is 27.2 Å². The van der Waals surface area contributed by atoms with Gasteiger partial charge in [-0.2, -0.15) is 0 Å². The van der Waals surface area contributed by atoms with Gasteiger partial charge < -0.3 is 24.8 Å². The molecule has 3 aliphatic rings. The van der Waals surface area contributed by atoms with Gasteiger partial charge in [-0.05, 0) is 32.0 Å². The second-order valence-electron chi connectivity index (χ2n) is 9.40. The smallest absolute Gasteiger partial charge is 0.260 e. The standard InChI is InChI=1S/C24H34Cl3N5O3S/c25-19-13-21(27)22(14-20(19)26)35-17-24(34)32-10-9-31(16-18(32)15-30-5-1-2-6-30)36-12-11-29-7-3-23(33)28-4-8-29/h13-14,18H,1-12,15-17H2,(H,28,33)/t18-/m0/s1.